The number of benzene rings is 1. The minimum atomic E-state index is -0.639. The van der Waals surface area contributed by atoms with E-state index in [1.807, 2.05) is 58.7 Å². The number of amides is 2. The molecule has 1 fully saturated rings. The quantitative estimate of drug-likeness (QED) is 0.463. The van der Waals surface area contributed by atoms with Gasteiger partial charge in [0.25, 0.3) is 0 Å². The average Bonchev–Trinajstić information content (AvgIpc) is 3.42. The molecule has 1 aliphatic heterocycles. The van der Waals surface area contributed by atoms with E-state index in [9.17, 15) is 9.59 Å². The summed E-state index contributed by atoms with van der Waals surface area (Å²) in [6.07, 6.45) is 4.01. The van der Waals surface area contributed by atoms with E-state index in [0.29, 0.717) is 13.0 Å². The molecule has 0 radical (unpaired) electrons. The molecule has 1 aliphatic rings. The summed E-state index contributed by atoms with van der Waals surface area (Å²) in [4.78, 5) is 41.5. The van der Waals surface area contributed by atoms with Gasteiger partial charge in [0, 0.05) is 0 Å². The predicted octanol–water partition coefficient (Wildman–Crippen LogP) is 3.59. The molecule has 7 nitrogen and oxygen atoms in total. The van der Waals surface area contributed by atoms with Crippen molar-refractivity contribution in [2.45, 2.75) is 66.1 Å². The number of carbonyl (C=O) groups is 2. The van der Waals surface area contributed by atoms with Gasteiger partial charge in [0.2, 0.25) is 11.8 Å². The summed E-state index contributed by atoms with van der Waals surface area (Å²) < 4.78 is 0. The Morgan fingerprint density at radius 2 is 1.88 bits per heavy atom. The van der Waals surface area contributed by atoms with Gasteiger partial charge in [0.15, 0.2) is 0 Å². The summed E-state index contributed by atoms with van der Waals surface area (Å²) in [7, 11) is 0. The van der Waals surface area contributed by atoms with Crippen molar-refractivity contribution in [1.29, 1.82) is 0 Å². The molecule has 1 saturated heterocycles. The van der Waals surface area contributed by atoms with Crippen molar-refractivity contribution in [2.24, 2.45) is 11.1 Å². The van der Waals surface area contributed by atoms with Crippen LogP contribution in [0.3, 0.4) is 0 Å². The van der Waals surface area contributed by atoms with Gasteiger partial charge in [-0.1, -0.05) is 45.0 Å². The third-order valence-electron chi connectivity index (χ3n) is 5.65. The van der Waals surface area contributed by atoms with Crippen LogP contribution in [0.25, 0.3) is 10.4 Å². The van der Waals surface area contributed by atoms with Crippen molar-refractivity contribution in [3.63, 3.8) is 0 Å². The molecule has 3 atom stereocenters. The Labute approximate surface area is 230 Å². The van der Waals surface area contributed by atoms with Gasteiger partial charge < -0.3 is 27.2 Å². The minimum absolute atomic E-state index is 0. The zero-order valence-corrected chi connectivity index (χ0v) is 25.7. The van der Waals surface area contributed by atoms with E-state index in [1.54, 1.807) is 16.2 Å². The van der Waals surface area contributed by atoms with E-state index in [4.69, 9.17) is 10.5 Å². The molecule has 0 saturated carbocycles. The zero-order valence-electron chi connectivity index (χ0n) is 20.7. The third-order valence-corrected chi connectivity index (χ3v) is 6.63. The molecule has 182 valence electrons. The standard InChI is InChI=1S/C23H31N4O2S.C2H3O.U/c1-14(16-8-10-17(11-9-16)19-15(2)25-13-30-19)26-21(28)18-7-6-12-27(18)22(29)20(24)23(3,4)5;1-2-3;/h6,8-11,13-14,18,20H,7,12,24H2,1-5H3,(H,26,28);1H3;/q2*-1;+2/t14-,18-,20+;;/m0../s1. The van der Waals surface area contributed by atoms with Crippen LogP contribution in [-0.2, 0) is 14.4 Å². The second kappa shape index (κ2) is 13.5. The summed E-state index contributed by atoms with van der Waals surface area (Å²) in [6.45, 7) is 11.5. The van der Waals surface area contributed by atoms with Crippen LogP contribution < -0.4 is 11.1 Å². The fourth-order valence-electron chi connectivity index (χ4n) is 3.56. The number of hydrogen-bond donors (Lipinski definition) is 2. The molecule has 3 N–H and O–H groups in total. The van der Waals surface area contributed by atoms with Gasteiger partial charge in [-0.2, -0.15) is 6.92 Å². The summed E-state index contributed by atoms with van der Waals surface area (Å²) in [5, 5.41) is 3.06. The summed E-state index contributed by atoms with van der Waals surface area (Å²) in [5.74, 6) is -0.318. The van der Waals surface area contributed by atoms with E-state index >= 15 is 0 Å². The smallest absolute Gasteiger partial charge is 0.542 e. The molecule has 0 spiro atoms. The van der Waals surface area contributed by atoms with Crippen LogP contribution in [0.5, 0.6) is 0 Å². The molecule has 1 aromatic heterocycles. The van der Waals surface area contributed by atoms with E-state index in [2.05, 4.69) is 22.4 Å². The van der Waals surface area contributed by atoms with Crippen molar-refractivity contribution in [1.82, 2.24) is 15.2 Å². The summed E-state index contributed by atoms with van der Waals surface area (Å²) in [6, 6.07) is 6.85. The summed E-state index contributed by atoms with van der Waals surface area (Å²) >= 11 is 1.62. The Hall–Kier alpha value is -1.53. The molecule has 0 bridgehead atoms. The van der Waals surface area contributed by atoms with E-state index in [0.717, 1.165) is 21.7 Å². The van der Waals surface area contributed by atoms with Gasteiger partial charge in [0.1, 0.15) is 0 Å². The summed E-state index contributed by atoms with van der Waals surface area (Å²) in [5.41, 5.74) is 10.8. The molecule has 0 aliphatic carbocycles. The van der Waals surface area contributed by atoms with Crippen molar-refractivity contribution in [3.05, 3.63) is 47.5 Å². The number of aromatic nitrogens is 1. The van der Waals surface area contributed by atoms with Crippen LogP contribution in [0.2, 0.25) is 0 Å². The number of likely N-dealkylation sites (tertiary alicyclic amines) is 1. The number of nitrogens with zero attached hydrogens (tertiary/aromatic N) is 2. The molecule has 1 aromatic carbocycles. The van der Waals surface area contributed by atoms with Crippen molar-refractivity contribution >= 4 is 29.4 Å². The van der Waals surface area contributed by atoms with Crippen LogP contribution in [0.4, 0.5) is 0 Å². The van der Waals surface area contributed by atoms with Gasteiger partial charge >= 0.3 is 31.1 Å². The third kappa shape index (κ3) is 7.74. The Morgan fingerprint density at radius 1 is 1.29 bits per heavy atom. The fraction of sp³-hybridized carbons (Fsp3) is 0.480. The molecule has 3 rings (SSSR count). The monoisotopic (exact) mass is 708 g/mol. The first-order valence-corrected chi connectivity index (χ1v) is 11.9. The number of carbonyl (C=O) groups excluding carboxylic acids is 3. The van der Waals surface area contributed by atoms with Crippen molar-refractivity contribution in [3.8, 4) is 10.4 Å². The Bertz CT molecular complexity index is 956. The topological polar surface area (TPSA) is 105 Å². The predicted molar refractivity (Wildman–Crippen MR) is 132 cm³/mol. The average molecular weight is 709 g/mol. The fourth-order valence-corrected chi connectivity index (χ4v) is 4.37. The first-order valence-electron chi connectivity index (χ1n) is 11.0. The van der Waals surface area contributed by atoms with E-state index in [1.165, 1.54) is 13.2 Å². The van der Waals surface area contributed by atoms with Crippen LogP contribution in [-0.4, -0.2) is 46.6 Å². The normalized spacial score (nSPS) is 17.0. The first kappa shape index (κ1) is 30.5. The largest absolute Gasteiger partial charge is 2.00 e. The molecule has 2 amide bonds. The van der Waals surface area contributed by atoms with Crippen molar-refractivity contribution < 1.29 is 45.5 Å². The number of nitrogens with one attached hydrogen (secondary N) is 1. The van der Waals surface area contributed by atoms with Crippen LogP contribution in [0, 0.1) is 49.9 Å². The number of thiazole rings is 1. The SMILES string of the molecule is C[C-]=O.Cc1ncsc1-c1ccc([C@H](C)NC(=O)[C@@H]2C[CH-]CN2C(=O)[C@@H](N)C(C)(C)C)cc1.[U+2]. The van der Waals surface area contributed by atoms with Gasteiger partial charge in [-0.3, -0.25) is 15.9 Å². The number of rotatable bonds is 5. The molecule has 34 heavy (non-hydrogen) atoms. The van der Waals surface area contributed by atoms with Gasteiger partial charge in [0.05, 0.1) is 34.2 Å². The Kier molecular flexibility index (Phi) is 12.1. The minimum Gasteiger partial charge on any atom is -0.542 e. The first-order chi connectivity index (χ1) is 15.5. The molecule has 0 unspecified atom stereocenters. The number of nitrogens with two attached hydrogens (primary N) is 1. The van der Waals surface area contributed by atoms with Gasteiger partial charge in [-0.25, -0.2) is 4.98 Å². The number of aryl methyl sites for hydroxylation is 1. The van der Waals surface area contributed by atoms with Crippen LogP contribution >= 0.6 is 11.3 Å². The second-order valence-electron chi connectivity index (χ2n) is 9.20. The second-order valence-corrected chi connectivity index (χ2v) is 10.1. The molecule has 2 aromatic rings. The van der Waals surface area contributed by atoms with Gasteiger partial charge in [-0.05, 0) is 30.4 Å². The Balaban J connectivity index is 0.00000137. The van der Waals surface area contributed by atoms with E-state index < -0.39 is 12.1 Å². The van der Waals surface area contributed by atoms with Crippen molar-refractivity contribution in [2.75, 3.05) is 6.54 Å². The maximum absolute atomic E-state index is 12.9. The van der Waals surface area contributed by atoms with E-state index in [-0.39, 0.29) is 54.4 Å². The molecular formula is C25H34N4O3SU. The maximum Gasteiger partial charge on any atom is 2.00 e. The zero-order chi connectivity index (χ0) is 24.8. The Morgan fingerprint density at radius 3 is 2.38 bits per heavy atom. The number of hydrogen-bond acceptors (Lipinski definition) is 6. The maximum atomic E-state index is 12.9. The van der Waals surface area contributed by atoms with Crippen LogP contribution in [0.1, 0.15) is 58.3 Å². The molecule has 9 heteroatoms. The van der Waals surface area contributed by atoms with Gasteiger partial charge in [-0.15, -0.1) is 24.3 Å². The molecule has 2 heterocycles. The van der Waals surface area contributed by atoms with Crippen LogP contribution in [0.15, 0.2) is 29.8 Å². The molecular weight excluding hydrogens is 674 g/mol.